The highest BCUT2D eigenvalue weighted by atomic mass is 16.6. The number of nitrogens with zero attached hydrogens (tertiary/aromatic N) is 2. The SMILES string of the molecule is Cc1c(COC(=O)C(C(C)C)N(N)C(=O)CC(=O)OC(C)(C)C)cccc1[C@H](C)c1c[nH]cn1. The Hall–Kier alpha value is -3.20. The van der Waals surface area contributed by atoms with Gasteiger partial charge in [-0.15, -0.1) is 0 Å². The molecule has 186 valence electrons. The lowest BCUT2D eigenvalue weighted by Crippen LogP contribution is -2.53. The lowest BCUT2D eigenvalue weighted by atomic mass is 9.91. The van der Waals surface area contributed by atoms with Gasteiger partial charge in [0, 0.05) is 12.1 Å². The topological polar surface area (TPSA) is 128 Å². The molecule has 9 nitrogen and oxygen atoms in total. The minimum Gasteiger partial charge on any atom is -0.460 e. The average Bonchev–Trinajstić information content (AvgIpc) is 3.25. The Morgan fingerprint density at radius 3 is 2.41 bits per heavy atom. The predicted octanol–water partition coefficient (Wildman–Crippen LogP) is 3.37. The van der Waals surface area contributed by atoms with Crippen molar-refractivity contribution < 1.29 is 23.9 Å². The Bertz CT molecular complexity index is 995. The lowest BCUT2D eigenvalue weighted by molar-refractivity contribution is -0.164. The minimum atomic E-state index is -1.04. The molecule has 2 aromatic rings. The van der Waals surface area contributed by atoms with Crippen molar-refractivity contribution >= 4 is 17.8 Å². The van der Waals surface area contributed by atoms with E-state index >= 15 is 0 Å². The van der Waals surface area contributed by atoms with Gasteiger partial charge in [-0.05, 0) is 50.3 Å². The summed E-state index contributed by atoms with van der Waals surface area (Å²) < 4.78 is 10.7. The number of nitrogens with two attached hydrogens (primary N) is 1. The van der Waals surface area contributed by atoms with Crippen LogP contribution in [0.1, 0.15) is 76.3 Å². The molecule has 2 rings (SSSR count). The third-order valence-corrected chi connectivity index (χ3v) is 5.46. The molecular weight excluding hydrogens is 436 g/mol. The smallest absolute Gasteiger partial charge is 0.331 e. The van der Waals surface area contributed by atoms with Gasteiger partial charge in [-0.2, -0.15) is 0 Å². The number of imidazole rings is 1. The highest BCUT2D eigenvalue weighted by molar-refractivity contribution is 5.96. The molecule has 1 aromatic heterocycles. The summed E-state index contributed by atoms with van der Waals surface area (Å²) >= 11 is 0. The number of benzene rings is 1. The monoisotopic (exact) mass is 472 g/mol. The van der Waals surface area contributed by atoms with Crippen molar-refractivity contribution in [3.63, 3.8) is 0 Å². The minimum absolute atomic E-state index is 0.0309. The largest absolute Gasteiger partial charge is 0.460 e. The van der Waals surface area contributed by atoms with Crippen LogP contribution in [-0.2, 0) is 30.5 Å². The van der Waals surface area contributed by atoms with Crippen molar-refractivity contribution in [2.45, 2.75) is 79.1 Å². The summed E-state index contributed by atoms with van der Waals surface area (Å²) in [5.41, 5.74) is 3.11. The maximum atomic E-state index is 12.9. The average molecular weight is 473 g/mol. The molecule has 0 bridgehead atoms. The lowest BCUT2D eigenvalue weighted by Gasteiger charge is -2.29. The molecule has 1 amide bonds. The molecule has 1 heterocycles. The van der Waals surface area contributed by atoms with Crippen LogP contribution in [0, 0.1) is 12.8 Å². The van der Waals surface area contributed by atoms with Crippen molar-refractivity contribution in [3.8, 4) is 0 Å². The van der Waals surface area contributed by atoms with E-state index < -0.39 is 35.9 Å². The molecule has 0 aliphatic heterocycles. The van der Waals surface area contributed by atoms with Crippen molar-refractivity contribution in [2.75, 3.05) is 0 Å². The normalized spacial score (nSPS) is 13.3. The van der Waals surface area contributed by atoms with Gasteiger partial charge in [0.15, 0.2) is 0 Å². The Labute approximate surface area is 201 Å². The van der Waals surface area contributed by atoms with Crippen LogP contribution in [0.15, 0.2) is 30.7 Å². The number of aromatic nitrogens is 2. The summed E-state index contributed by atoms with van der Waals surface area (Å²) in [5.74, 6) is 3.64. The second kappa shape index (κ2) is 11.3. The molecule has 0 radical (unpaired) electrons. The number of aromatic amines is 1. The first kappa shape index (κ1) is 27.0. The van der Waals surface area contributed by atoms with Crippen molar-refractivity contribution in [3.05, 3.63) is 53.1 Å². The Morgan fingerprint density at radius 2 is 1.85 bits per heavy atom. The Kier molecular flexibility index (Phi) is 8.98. The standard InChI is InChI=1S/C25H36N4O5/c1-15(2)23(29(26)21(30)11-22(31)34-25(5,6)7)24(32)33-13-18-9-8-10-19(16(18)3)17(4)20-12-27-14-28-20/h8-10,12,14-15,17,23H,11,13,26H2,1-7H3,(H,27,28)/t17-,23?/m0/s1. The highest BCUT2D eigenvalue weighted by Crippen LogP contribution is 2.27. The number of nitrogens with one attached hydrogen (secondary N) is 1. The molecule has 0 saturated carbocycles. The van der Waals surface area contributed by atoms with E-state index in [1.165, 1.54) is 0 Å². The summed E-state index contributed by atoms with van der Waals surface area (Å²) in [6, 6.07) is 4.78. The first-order valence-corrected chi connectivity index (χ1v) is 11.3. The zero-order chi connectivity index (χ0) is 25.6. The number of carbonyl (C=O) groups excluding carboxylic acids is 3. The molecular formula is C25H36N4O5. The summed E-state index contributed by atoms with van der Waals surface area (Å²) in [4.78, 5) is 44.7. The van der Waals surface area contributed by atoms with Gasteiger partial charge < -0.3 is 14.5 Å². The van der Waals surface area contributed by atoms with Crippen molar-refractivity contribution in [1.29, 1.82) is 0 Å². The van der Waals surface area contributed by atoms with Crippen LogP contribution in [0.3, 0.4) is 0 Å². The molecule has 2 atom stereocenters. The Morgan fingerprint density at radius 1 is 1.18 bits per heavy atom. The third kappa shape index (κ3) is 7.15. The number of esters is 2. The summed E-state index contributed by atoms with van der Waals surface area (Å²) in [5, 5.41) is 0.778. The van der Waals surface area contributed by atoms with E-state index in [-0.39, 0.29) is 18.4 Å². The number of amides is 1. The summed E-state index contributed by atoms with van der Waals surface area (Å²) in [6.07, 6.45) is 2.94. The highest BCUT2D eigenvalue weighted by Gasteiger charge is 2.33. The fourth-order valence-corrected chi connectivity index (χ4v) is 3.69. The van der Waals surface area contributed by atoms with Crippen LogP contribution in [0.2, 0.25) is 0 Å². The number of ether oxygens (including phenoxy) is 2. The van der Waals surface area contributed by atoms with E-state index in [2.05, 4.69) is 16.9 Å². The van der Waals surface area contributed by atoms with Crippen LogP contribution in [0.4, 0.5) is 0 Å². The third-order valence-electron chi connectivity index (χ3n) is 5.46. The second-order valence-electron chi connectivity index (χ2n) is 9.71. The van der Waals surface area contributed by atoms with Crippen LogP contribution < -0.4 is 5.84 Å². The van der Waals surface area contributed by atoms with Gasteiger partial charge in [-0.1, -0.05) is 39.0 Å². The van der Waals surface area contributed by atoms with Gasteiger partial charge in [-0.3, -0.25) is 14.6 Å². The van der Waals surface area contributed by atoms with Gasteiger partial charge in [-0.25, -0.2) is 15.6 Å². The molecule has 0 aliphatic carbocycles. The molecule has 3 N–H and O–H groups in total. The zero-order valence-electron chi connectivity index (χ0n) is 21.0. The fourth-order valence-electron chi connectivity index (χ4n) is 3.69. The first-order valence-electron chi connectivity index (χ1n) is 11.3. The van der Waals surface area contributed by atoms with Crippen LogP contribution in [0.5, 0.6) is 0 Å². The quantitative estimate of drug-likeness (QED) is 0.188. The molecule has 0 saturated heterocycles. The number of hydrogen-bond donors (Lipinski definition) is 2. The molecule has 0 aliphatic rings. The second-order valence-corrected chi connectivity index (χ2v) is 9.71. The number of carbonyl (C=O) groups is 3. The first-order chi connectivity index (χ1) is 15.8. The number of rotatable bonds is 9. The molecule has 0 spiro atoms. The van der Waals surface area contributed by atoms with E-state index in [0.717, 1.165) is 27.4 Å². The number of H-pyrrole nitrogens is 1. The molecule has 0 fully saturated rings. The van der Waals surface area contributed by atoms with Gasteiger partial charge >= 0.3 is 11.9 Å². The van der Waals surface area contributed by atoms with Gasteiger partial charge in [0.05, 0.1) is 12.0 Å². The van der Waals surface area contributed by atoms with E-state index in [4.69, 9.17) is 15.3 Å². The van der Waals surface area contributed by atoms with Crippen molar-refractivity contribution in [2.24, 2.45) is 11.8 Å². The molecule has 9 heteroatoms. The van der Waals surface area contributed by atoms with Gasteiger partial charge in [0.1, 0.15) is 24.7 Å². The van der Waals surface area contributed by atoms with Crippen LogP contribution >= 0.6 is 0 Å². The van der Waals surface area contributed by atoms with E-state index in [0.29, 0.717) is 0 Å². The van der Waals surface area contributed by atoms with Gasteiger partial charge in [0.25, 0.3) is 0 Å². The maximum absolute atomic E-state index is 12.9. The van der Waals surface area contributed by atoms with Gasteiger partial charge in [0.2, 0.25) is 5.91 Å². The molecule has 1 aromatic carbocycles. The summed E-state index contributed by atoms with van der Waals surface area (Å²) in [7, 11) is 0. The van der Waals surface area contributed by atoms with Crippen LogP contribution in [0.25, 0.3) is 0 Å². The molecule has 34 heavy (non-hydrogen) atoms. The Balaban J connectivity index is 2.08. The van der Waals surface area contributed by atoms with E-state index in [1.54, 1.807) is 40.9 Å². The van der Waals surface area contributed by atoms with E-state index in [1.807, 2.05) is 31.3 Å². The number of hydrogen-bond acceptors (Lipinski definition) is 7. The van der Waals surface area contributed by atoms with Crippen molar-refractivity contribution in [1.82, 2.24) is 15.0 Å². The van der Waals surface area contributed by atoms with E-state index in [9.17, 15) is 14.4 Å². The number of hydrazine groups is 1. The zero-order valence-corrected chi connectivity index (χ0v) is 21.0. The predicted molar refractivity (Wildman–Crippen MR) is 127 cm³/mol. The van der Waals surface area contributed by atoms with Crippen LogP contribution in [-0.4, -0.2) is 44.5 Å². The molecule has 1 unspecified atom stereocenters. The summed E-state index contributed by atoms with van der Waals surface area (Å²) in [6.45, 7) is 12.7. The maximum Gasteiger partial charge on any atom is 0.331 e. The fraction of sp³-hybridized carbons (Fsp3) is 0.520.